The average Bonchev–Trinajstić information content (AvgIpc) is 2.48. The Hall–Kier alpha value is -1.55. The Bertz CT molecular complexity index is 410. The molecule has 4 heteroatoms. The van der Waals surface area contributed by atoms with Gasteiger partial charge in [0.1, 0.15) is 0 Å². The van der Waals surface area contributed by atoms with E-state index in [0.29, 0.717) is 6.54 Å². The Balaban J connectivity index is 1.96. The first-order chi connectivity index (χ1) is 9.20. The number of carbonyl (C=O) groups is 1. The highest BCUT2D eigenvalue weighted by Gasteiger charge is 2.12. The van der Waals surface area contributed by atoms with Crippen LogP contribution in [0.2, 0.25) is 0 Å². The maximum atomic E-state index is 11.7. The number of anilines is 2. The van der Waals surface area contributed by atoms with E-state index in [0.717, 1.165) is 18.8 Å². The van der Waals surface area contributed by atoms with Gasteiger partial charge >= 0.3 is 0 Å². The molecule has 1 unspecified atom stereocenters. The molecule has 0 radical (unpaired) electrons. The topological polar surface area (TPSA) is 58.4 Å². The van der Waals surface area contributed by atoms with E-state index in [9.17, 15) is 4.79 Å². The van der Waals surface area contributed by atoms with Crippen molar-refractivity contribution in [3.63, 3.8) is 0 Å². The van der Waals surface area contributed by atoms with Gasteiger partial charge in [0.15, 0.2) is 0 Å². The number of amides is 1. The molecule has 19 heavy (non-hydrogen) atoms. The lowest BCUT2D eigenvalue weighted by atomic mass is 10.1. The van der Waals surface area contributed by atoms with Crippen molar-refractivity contribution in [3.05, 3.63) is 24.3 Å². The van der Waals surface area contributed by atoms with Gasteiger partial charge in [-0.3, -0.25) is 4.79 Å². The Labute approximate surface area is 115 Å². The van der Waals surface area contributed by atoms with Crippen LogP contribution >= 0.6 is 0 Å². The summed E-state index contributed by atoms with van der Waals surface area (Å²) < 4.78 is 0. The Morgan fingerprint density at radius 1 is 1.26 bits per heavy atom. The second-order valence-electron chi connectivity index (χ2n) is 5.22. The van der Waals surface area contributed by atoms with E-state index in [-0.39, 0.29) is 11.8 Å². The van der Waals surface area contributed by atoms with Crippen molar-refractivity contribution < 1.29 is 4.79 Å². The standard InChI is InChI=1S/C15H23N3O/c1-12(11-16)15(19)17-13-5-7-14(8-6-13)18-9-3-2-4-10-18/h5-8,12H,2-4,9-11,16H2,1H3,(H,17,19). The number of nitrogens with zero attached hydrogens (tertiary/aromatic N) is 1. The summed E-state index contributed by atoms with van der Waals surface area (Å²) in [5, 5.41) is 2.89. The first kappa shape index (κ1) is 13.9. The van der Waals surface area contributed by atoms with E-state index in [2.05, 4.69) is 22.3 Å². The first-order valence-electron chi connectivity index (χ1n) is 7.06. The molecule has 2 rings (SSSR count). The van der Waals surface area contributed by atoms with Crippen LogP contribution in [0.3, 0.4) is 0 Å². The molecule has 1 saturated heterocycles. The monoisotopic (exact) mass is 261 g/mol. The number of nitrogens with two attached hydrogens (primary N) is 1. The van der Waals surface area contributed by atoms with Crippen molar-refractivity contribution >= 4 is 17.3 Å². The highest BCUT2D eigenvalue weighted by molar-refractivity contribution is 5.92. The molecule has 0 spiro atoms. The molecule has 4 nitrogen and oxygen atoms in total. The van der Waals surface area contributed by atoms with E-state index in [4.69, 9.17) is 5.73 Å². The second kappa shape index (κ2) is 6.57. The van der Waals surface area contributed by atoms with Crippen LogP contribution in [0.5, 0.6) is 0 Å². The number of hydrogen-bond acceptors (Lipinski definition) is 3. The van der Waals surface area contributed by atoms with E-state index in [1.807, 2.05) is 19.1 Å². The van der Waals surface area contributed by atoms with E-state index in [1.54, 1.807) is 0 Å². The third-order valence-corrected chi connectivity index (χ3v) is 3.66. The van der Waals surface area contributed by atoms with E-state index >= 15 is 0 Å². The zero-order valence-electron chi connectivity index (χ0n) is 11.6. The van der Waals surface area contributed by atoms with Crippen molar-refractivity contribution in [1.82, 2.24) is 0 Å². The molecule has 3 N–H and O–H groups in total. The smallest absolute Gasteiger partial charge is 0.228 e. The van der Waals surface area contributed by atoms with Crippen LogP contribution in [0.4, 0.5) is 11.4 Å². The molecule has 104 valence electrons. The van der Waals surface area contributed by atoms with Crippen molar-refractivity contribution in [2.75, 3.05) is 29.9 Å². The summed E-state index contributed by atoms with van der Waals surface area (Å²) in [5.41, 5.74) is 7.56. The van der Waals surface area contributed by atoms with Crippen molar-refractivity contribution in [3.8, 4) is 0 Å². The highest BCUT2D eigenvalue weighted by Crippen LogP contribution is 2.21. The lowest BCUT2D eigenvalue weighted by molar-refractivity contribution is -0.119. The molecule has 1 fully saturated rings. The van der Waals surface area contributed by atoms with Crippen molar-refractivity contribution in [1.29, 1.82) is 0 Å². The number of carbonyl (C=O) groups excluding carboxylic acids is 1. The molecule has 0 saturated carbocycles. The van der Waals surface area contributed by atoms with Gasteiger partial charge in [0.05, 0.1) is 0 Å². The van der Waals surface area contributed by atoms with Gasteiger partial charge in [-0.05, 0) is 43.5 Å². The number of rotatable bonds is 4. The maximum Gasteiger partial charge on any atom is 0.228 e. The highest BCUT2D eigenvalue weighted by atomic mass is 16.1. The first-order valence-corrected chi connectivity index (χ1v) is 7.06. The molecule has 1 heterocycles. The van der Waals surface area contributed by atoms with Crippen LogP contribution in [-0.2, 0) is 4.79 Å². The number of nitrogens with one attached hydrogen (secondary N) is 1. The molecule has 0 aliphatic carbocycles. The quantitative estimate of drug-likeness (QED) is 0.873. The van der Waals surface area contributed by atoms with Crippen LogP contribution in [0.25, 0.3) is 0 Å². The summed E-state index contributed by atoms with van der Waals surface area (Å²) in [7, 11) is 0. The van der Waals surface area contributed by atoms with Crippen LogP contribution in [-0.4, -0.2) is 25.5 Å². The van der Waals surface area contributed by atoms with Crippen LogP contribution in [0.15, 0.2) is 24.3 Å². The zero-order chi connectivity index (χ0) is 13.7. The normalized spacial score (nSPS) is 17.1. The fourth-order valence-electron chi connectivity index (χ4n) is 2.28. The largest absolute Gasteiger partial charge is 0.372 e. The minimum Gasteiger partial charge on any atom is -0.372 e. The van der Waals surface area contributed by atoms with Crippen molar-refractivity contribution in [2.24, 2.45) is 11.7 Å². The molecule has 1 aromatic carbocycles. The van der Waals surface area contributed by atoms with Gasteiger partial charge in [-0.25, -0.2) is 0 Å². The minimum absolute atomic E-state index is 0.0202. The third-order valence-electron chi connectivity index (χ3n) is 3.66. The average molecular weight is 261 g/mol. The SMILES string of the molecule is CC(CN)C(=O)Nc1ccc(N2CCCCC2)cc1. The van der Waals surface area contributed by atoms with Gasteiger partial charge in [0.2, 0.25) is 5.91 Å². The Morgan fingerprint density at radius 3 is 2.47 bits per heavy atom. The van der Waals surface area contributed by atoms with Crippen LogP contribution < -0.4 is 16.0 Å². The predicted octanol–water partition coefficient (Wildman–Crippen LogP) is 2.21. The fourth-order valence-corrected chi connectivity index (χ4v) is 2.28. The molecule has 1 aliphatic rings. The van der Waals surface area contributed by atoms with E-state index in [1.165, 1.54) is 24.9 Å². The number of benzene rings is 1. The van der Waals surface area contributed by atoms with Gasteiger partial charge in [-0.2, -0.15) is 0 Å². The van der Waals surface area contributed by atoms with Crippen LogP contribution in [0, 0.1) is 5.92 Å². The molecule has 0 bridgehead atoms. The molecule has 1 atom stereocenters. The van der Waals surface area contributed by atoms with Gasteiger partial charge in [-0.15, -0.1) is 0 Å². The van der Waals surface area contributed by atoms with Crippen LogP contribution in [0.1, 0.15) is 26.2 Å². The zero-order valence-corrected chi connectivity index (χ0v) is 11.6. The summed E-state index contributed by atoms with van der Waals surface area (Å²) >= 11 is 0. The fraction of sp³-hybridized carbons (Fsp3) is 0.533. The van der Waals surface area contributed by atoms with E-state index < -0.39 is 0 Å². The summed E-state index contributed by atoms with van der Waals surface area (Å²) in [6.07, 6.45) is 3.88. The molecule has 0 aromatic heterocycles. The predicted molar refractivity (Wildman–Crippen MR) is 79.4 cm³/mol. The number of hydrogen-bond donors (Lipinski definition) is 2. The third kappa shape index (κ3) is 3.70. The summed E-state index contributed by atoms with van der Waals surface area (Å²) in [4.78, 5) is 14.1. The molecular formula is C15H23N3O. The number of piperidine rings is 1. The second-order valence-corrected chi connectivity index (χ2v) is 5.22. The summed E-state index contributed by atoms with van der Waals surface area (Å²) in [6, 6.07) is 8.08. The van der Waals surface area contributed by atoms with Crippen molar-refractivity contribution in [2.45, 2.75) is 26.2 Å². The summed E-state index contributed by atoms with van der Waals surface area (Å²) in [6.45, 7) is 4.47. The summed E-state index contributed by atoms with van der Waals surface area (Å²) in [5.74, 6) is -0.171. The van der Waals surface area contributed by atoms with Gasteiger partial charge < -0.3 is 16.0 Å². The molecular weight excluding hydrogens is 238 g/mol. The van der Waals surface area contributed by atoms with Gasteiger partial charge in [0.25, 0.3) is 0 Å². The molecule has 1 aromatic rings. The molecule has 1 amide bonds. The Morgan fingerprint density at radius 2 is 1.89 bits per heavy atom. The Kier molecular flexibility index (Phi) is 4.80. The lowest BCUT2D eigenvalue weighted by Gasteiger charge is -2.28. The van der Waals surface area contributed by atoms with Gasteiger partial charge in [0, 0.05) is 36.9 Å². The maximum absolute atomic E-state index is 11.7. The molecule has 1 aliphatic heterocycles. The minimum atomic E-state index is -0.151. The lowest BCUT2D eigenvalue weighted by Crippen LogP contribution is -2.29. The van der Waals surface area contributed by atoms with Gasteiger partial charge in [-0.1, -0.05) is 6.92 Å².